The molecule has 0 radical (unpaired) electrons. The van der Waals surface area contributed by atoms with Crippen LogP contribution in [0.1, 0.15) is 43.3 Å². The Labute approximate surface area is 195 Å². The SMILES string of the molecule is COc1ccnc(Nc2cc(C)nc(-c3cnc([C@@](C)(O)[C@H]4CC[C@H](C(=O)O)CC4)s3)c2)n1. The molecular weight excluding hydrogens is 442 g/mol. The van der Waals surface area contributed by atoms with Crippen LogP contribution in [0.25, 0.3) is 10.6 Å². The molecule has 1 fully saturated rings. The summed E-state index contributed by atoms with van der Waals surface area (Å²) in [7, 11) is 1.55. The predicted octanol–water partition coefficient (Wildman–Crippen LogP) is 4.15. The van der Waals surface area contributed by atoms with Crippen molar-refractivity contribution >= 4 is 28.9 Å². The largest absolute Gasteiger partial charge is 0.481 e. The number of aromatic nitrogens is 4. The van der Waals surface area contributed by atoms with Crippen molar-refractivity contribution < 1.29 is 19.7 Å². The monoisotopic (exact) mass is 469 g/mol. The number of carboxylic acid groups (broad SMARTS) is 1. The number of hydrogen-bond donors (Lipinski definition) is 3. The predicted molar refractivity (Wildman–Crippen MR) is 125 cm³/mol. The summed E-state index contributed by atoms with van der Waals surface area (Å²) < 4.78 is 5.15. The number of thiazole rings is 1. The lowest BCUT2D eigenvalue weighted by atomic mass is 9.74. The molecule has 33 heavy (non-hydrogen) atoms. The van der Waals surface area contributed by atoms with Gasteiger partial charge >= 0.3 is 5.97 Å². The second kappa shape index (κ2) is 9.40. The molecule has 1 atom stereocenters. The van der Waals surface area contributed by atoms with E-state index in [0.29, 0.717) is 42.5 Å². The standard InChI is InChI=1S/C23H27N5O4S/c1-13-10-16(27-22-24-9-8-19(28-22)32-3)11-17(26-13)18-12-25-21(33-18)23(2,31)15-6-4-14(5-7-15)20(29)30/h8-12,14-15,31H,4-7H2,1-3H3,(H,29,30)(H,24,26,27,28)/t14-,15-,23-/m0/s1. The van der Waals surface area contributed by atoms with Gasteiger partial charge in [0.1, 0.15) is 10.6 Å². The summed E-state index contributed by atoms with van der Waals surface area (Å²) in [6, 6.07) is 5.46. The first-order chi connectivity index (χ1) is 15.8. The second-order valence-corrected chi connectivity index (χ2v) is 9.52. The summed E-state index contributed by atoms with van der Waals surface area (Å²) in [5.74, 6) is -0.222. The maximum Gasteiger partial charge on any atom is 0.306 e. The van der Waals surface area contributed by atoms with Gasteiger partial charge in [0.05, 0.1) is 23.6 Å². The fourth-order valence-corrected chi connectivity index (χ4v) is 5.22. The highest BCUT2D eigenvalue weighted by atomic mass is 32.1. The van der Waals surface area contributed by atoms with Crippen molar-refractivity contribution in [1.29, 1.82) is 0 Å². The number of nitrogens with one attached hydrogen (secondary N) is 1. The molecule has 3 aromatic rings. The van der Waals surface area contributed by atoms with Crippen molar-refractivity contribution in [2.24, 2.45) is 11.8 Å². The summed E-state index contributed by atoms with van der Waals surface area (Å²) in [5.41, 5.74) is 1.20. The van der Waals surface area contributed by atoms with E-state index in [0.717, 1.165) is 22.0 Å². The van der Waals surface area contributed by atoms with E-state index in [9.17, 15) is 15.0 Å². The van der Waals surface area contributed by atoms with Gasteiger partial charge in [-0.15, -0.1) is 11.3 Å². The summed E-state index contributed by atoms with van der Waals surface area (Å²) in [6.45, 7) is 3.68. The topological polar surface area (TPSA) is 130 Å². The van der Waals surface area contributed by atoms with Gasteiger partial charge in [-0.05, 0) is 57.6 Å². The summed E-state index contributed by atoms with van der Waals surface area (Å²) in [5, 5.41) is 24.3. The lowest BCUT2D eigenvalue weighted by molar-refractivity contribution is -0.144. The van der Waals surface area contributed by atoms with Gasteiger partial charge < -0.3 is 20.3 Å². The number of anilines is 2. The number of hydrogen-bond acceptors (Lipinski definition) is 9. The van der Waals surface area contributed by atoms with Gasteiger partial charge in [-0.3, -0.25) is 9.78 Å². The Hall–Kier alpha value is -3.11. The number of carbonyl (C=O) groups is 1. The van der Waals surface area contributed by atoms with Crippen LogP contribution in [0, 0.1) is 18.8 Å². The highest BCUT2D eigenvalue weighted by Gasteiger charge is 2.40. The molecule has 9 nitrogen and oxygen atoms in total. The van der Waals surface area contributed by atoms with Gasteiger partial charge in [0.25, 0.3) is 0 Å². The molecule has 1 aliphatic carbocycles. The van der Waals surface area contributed by atoms with Crippen LogP contribution in [0.4, 0.5) is 11.6 Å². The molecule has 3 N–H and O–H groups in total. The third kappa shape index (κ3) is 5.12. The van der Waals surface area contributed by atoms with E-state index in [1.54, 1.807) is 32.5 Å². The molecule has 0 unspecified atom stereocenters. The van der Waals surface area contributed by atoms with E-state index < -0.39 is 11.6 Å². The van der Waals surface area contributed by atoms with E-state index >= 15 is 0 Å². The molecule has 0 spiro atoms. The first kappa shape index (κ1) is 23.1. The smallest absolute Gasteiger partial charge is 0.306 e. The van der Waals surface area contributed by atoms with Crippen LogP contribution in [0.15, 0.2) is 30.6 Å². The van der Waals surface area contributed by atoms with Crippen molar-refractivity contribution in [3.63, 3.8) is 0 Å². The van der Waals surface area contributed by atoms with E-state index in [2.05, 4.69) is 25.3 Å². The molecule has 1 saturated carbocycles. The van der Waals surface area contributed by atoms with Crippen LogP contribution in [-0.2, 0) is 10.4 Å². The molecule has 174 valence electrons. The quantitative estimate of drug-likeness (QED) is 0.467. The number of rotatable bonds is 7. The number of aliphatic carboxylic acids is 1. The summed E-state index contributed by atoms with van der Waals surface area (Å²) in [4.78, 5) is 29.7. The molecule has 10 heteroatoms. The van der Waals surface area contributed by atoms with E-state index in [4.69, 9.17) is 4.74 Å². The van der Waals surface area contributed by atoms with E-state index in [1.807, 2.05) is 19.1 Å². The van der Waals surface area contributed by atoms with Gasteiger partial charge in [-0.2, -0.15) is 4.98 Å². The molecule has 3 aromatic heterocycles. The van der Waals surface area contributed by atoms with Crippen LogP contribution >= 0.6 is 11.3 Å². The van der Waals surface area contributed by atoms with Crippen LogP contribution in [-0.4, -0.2) is 43.2 Å². The Bertz CT molecular complexity index is 1140. The van der Waals surface area contributed by atoms with Crippen molar-refractivity contribution in [3.8, 4) is 16.5 Å². The average molecular weight is 470 g/mol. The maximum absolute atomic E-state index is 11.3. The number of aryl methyl sites for hydroxylation is 1. The van der Waals surface area contributed by atoms with Crippen molar-refractivity contribution in [2.75, 3.05) is 12.4 Å². The summed E-state index contributed by atoms with van der Waals surface area (Å²) >= 11 is 1.40. The van der Waals surface area contributed by atoms with Gasteiger partial charge in [0.2, 0.25) is 11.8 Å². The first-order valence-corrected chi connectivity index (χ1v) is 11.6. The van der Waals surface area contributed by atoms with Gasteiger partial charge in [-0.1, -0.05) is 0 Å². The Balaban J connectivity index is 1.53. The fourth-order valence-electron chi connectivity index (χ4n) is 4.22. The highest BCUT2D eigenvalue weighted by Crippen LogP contribution is 2.43. The average Bonchev–Trinajstić information content (AvgIpc) is 3.30. The van der Waals surface area contributed by atoms with Crippen LogP contribution in [0.2, 0.25) is 0 Å². The van der Waals surface area contributed by atoms with Crippen molar-refractivity contribution in [3.05, 3.63) is 41.3 Å². The van der Waals surface area contributed by atoms with Gasteiger partial charge in [0.15, 0.2) is 0 Å². The minimum Gasteiger partial charge on any atom is -0.481 e. The lowest BCUT2D eigenvalue weighted by Gasteiger charge is -2.35. The minimum absolute atomic E-state index is 0.0278. The molecule has 0 bridgehead atoms. The zero-order valence-electron chi connectivity index (χ0n) is 18.8. The zero-order valence-corrected chi connectivity index (χ0v) is 19.6. The Morgan fingerprint density at radius 2 is 1.97 bits per heavy atom. The molecule has 0 saturated heterocycles. The Morgan fingerprint density at radius 3 is 2.67 bits per heavy atom. The molecule has 4 rings (SSSR count). The molecule has 1 aliphatic rings. The molecular formula is C23H27N5O4S. The second-order valence-electron chi connectivity index (χ2n) is 8.49. The maximum atomic E-state index is 11.3. The third-order valence-corrected chi connectivity index (χ3v) is 7.36. The zero-order chi connectivity index (χ0) is 23.6. The van der Waals surface area contributed by atoms with Crippen LogP contribution in [0.3, 0.4) is 0 Å². The fraction of sp³-hybridized carbons (Fsp3) is 0.435. The molecule has 3 heterocycles. The van der Waals surface area contributed by atoms with Crippen LogP contribution < -0.4 is 10.1 Å². The van der Waals surface area contributed by atoms with E-state index in [1.165, 1.54) is 11.3 Å². The summed E-state index contributed by atoms with van der Waals surface area (Å²) in [6.07, 6.45) is 5.83. The number of pyridine rings is 1. The third-order valence-electron chi connectivity index (χ3n) is 6.11. The Morgan fingerprint density at radius 1 is 1.21 bits per heavy atom. The normalized spacial score (nSPS) is 20.1. The number of nitrogens with zero attached hydrogens (tertiary/aromatic N) is 4. The van der Waals surface area contributed by atoms with Crippen LogP contribution in [0.5, 0.6) is 5.88 Å². The number of aliphatic hydroxyl groups is 1. The van der Waals surface area contributed by atoms with Gasteiger partial charge in [-0.25, -0.2) is 9.97 Å². The molecule has 0 amide bonds. The van der Waals surface area contributed by atoms with Crippen molar-refractivity contribution in [1.82, 2.24) is 19.9 Å². The number of methoxy groups -OCH3 is 1. The lowest BCUT2D eigenvalue weighted by Crippen LogP contribution is -2.35. The van der Waals surface area contributed by atoms with E-state index in [-0.39, 0.29) is 11.8 Å². The molecule has 0 aliphatic heterocycles. The number of ether oxygens (including phenoxy) is 1. The Kier molecular flexibility index (Phi) is 6.57. The molecule has 0 aromatic carbocycles. The number of carboxylic acids is 1. The highest BCUT2D eigenvalue weighted by molar-refractivity contribution is 7.15. The van der Waals surface area contributed by atoms with Crippen molar-refractivity contribution in [2.45, 2.75) is 45.1 Å². The van der Waals surface area contributed by atoms with Gasteiger partial charge in [0, 0.05) is 29.8 Å². The minimum atomic E-state index is -1.12. The first-order valence-electron chi connectivity index (χ1n) is 10.8.